The highest BCUT2D eigenvalue weighted by Crippen LogP contribution is 2.05. The fourth-order valence-corrected chi connectivity index (χ4v) is 1.85. The lowest BCUT2D eigenvalue weighted by molar-refractivity contribution is -0.121. The zero-order valence-electron chi connectivity index (χ0n) is 10.3. The van der Waals surface area contributed by atoms with E-state index < -0.39 is 0 Å². The third-order valence-electron chi connectivity index (χ3n) is 2.81. The van der Waals surface area contributed by atoms with Crippen LogP contribution < -0.4 is 10.6 Å². The molecule has 1 saturated heterocycles. The van der Waals surface area contributed by atoms with Crippen LogP contribution in [0.2, 0.25) is 0 Å². The highest BCUT2D eigenvalue weighted by molar-refractivity contribution is 5.78. The van der Waals surface area contributed by atoms with Crippen molar-refractivity contribution >= 4 is 5.91 Å². The lowest BCUT2D eigenvalue weighted by atomic mass is 10.1. The van der Waals surface area contributed by atoms with Gasteiger partial charge in [-0.15, -0.1) is 0 Å². The Bertz CT molecular complexity index is 366. The van der Waals surface area contributed by atoms with Gasteiger partial charge in [-0.1, -0.05) is 0 Å². The number of carbonyl (C=O) groups excluding carboxylic acids is 1. The molecule has 0 spiro atoms. The van der Waals surface area contributed by atoms with E-state index in [9.17, 15) is 4.79 Å². The van der Waals surface area contributed by atoms with Crippen LogP contribution in [0.25, 0.3) is 0 Å². The average Bonchev–Trinajstić information content (AvgIpc) is 2.41. The van der Waals surface area contributed by atoms with Gasteiger partial charge in [0.25, 0.3) is 0 Å². The summed E-state index contributed by atoms with van der Waals surface area (Å²) in [5, 5.41) is 13.7. The largest absolute Gasteiger partial charge is 0.381 e. The molecule has 0 radical (unpaired) electrons. The normalized spacial score (nSPS) is 16.4. The highest BCUT2D eigenvalue weighted by Gasteiger charge is 2.15. The Labute approximate surface area is 106 Å². The van der Waals surface area contributed by atoms with E-state index in [0.717, 1.165) is 31.7 Å². The molecule has 18 heavy (non-hydrogen) atoms. The van der Waals surface area contributed by atoms with Crippen molar-refractivity contribution in [3.05, 3.63) is 24.0 Å². The molecule has 2 N–H and O–H groups in total. The molecule has 6 nitrogen and oxygen atoms in total. The Balaban J connectivity index is 1.62. The predicted molar refractivity (Wildman–Crippen MR) is 65.7 cm³/mol. The van der Waals surface area contributed by atoms with E-state index in [0.29, 0.717) is 13.1 Å². The third-order valence-corrected chi connectivity index (χ3v) is 2.81. The number of ether oxygens (including phenoxy) is 1. The zero-order valence-corrected chi connectivity index (χ0v) is 10.3. The van der Waals surface area contributed by atoms with Crippen LogP contribution in [0.5, 0.6) is 0 Å². The van der Waals surface area contributed by atoms with E-state index in [-0.39, 0.29) is 11.9 Å². The molecule has 0 unspecified atom stereocenters. The molecule has 1 aliphatic rings. The van der Waals surface area contributed by atoms with E-state index >= 15 is 0 Å². The molecule has 6 heteroatoms. The molecule has 2 heterocycles. The summed E-state index contributed by atoms with van der Waals surface area (Å²) in [4.78, 5) is 11.7. The summed E-state index contributed by atoms with van der Waals surface area (Å²) < 4.78 is 5.24. The summed E-state index contributed by atoms with van der Waals surface area (Å²) in [6.45, 7) is 2.32. The van der Waals surface area contributed by atoms with Crippen molar-refractivity contribution in [1.82, 2.24) is 20.8 Å². The first-order chi connectivity index (χ1) is 8.84. The van der Waals surface area contributed by atoms with E-state index in [1.165, 1.54) is 0 Å². The fourth-order valence-electron chi connectivity index (χ4n) is 1.85. The van der Waals surface area contributed by atoms with Gasteiger partial charge in [-0.2, -0.15) is 10.2 Å². The SMILES string of the molecule is O=C(CNCc1cccnn1)NC1CCOCC1. The summed E-state index contributed by atoms with van der Waals surface area (Å²) in [7, 11) is 0. The topological polar surface area (TPSA) is 76.1 Å². The number of carbonyl (C=O) groups is 1. The molecule has 0 bridgehead atoms. The standard InChI is InChI=1S/C12H18N4O2/c17-12(15-10-3-6-18-7-4-10)9-13-8-11-2-1-5-14-16-11/h1-2,5,10,13H,3-4,6-9H2,(H,15,17). The van der Waals surface area contributed by atoms with E-state index in [1.807, 2.05) is 12.1 Å². The van der Waals surface area contributed by atoms with Crippen molar-refractivity contribution in [3.8, 4) is 0 Å². The van der Waals surface area contributed by atoms with Crippen molar-refractivity contribution in [1.29, 1.82) is 0 Å². The van der Waals surface area contributed by atoms with Crippen LogP contribution in [-0.2, 0) is 16.1 Å². The Morgan fingerprint density at radius 2 is 2.28 bits per heavy atom. The first kappa shape index (κ1) is 12.9. The number of hydrogen-bond acceptors (Lipinski definition) is 5. The van der Waals surface area contributed by atoms with Gasteiger partial charge in [0, 0.05) is 32.0 Å². The maximum atomic E-state index is 11.7. The Kier molecular flexibility index (Phi) is 5.04. The second-order valence-corrected chi connectivity index (χ2v) is 4.27. The molecular formula is C12H18N4O2. The van der Waals surface area contributed by atoms with Crippen molar-refractivity contribution in [2.24, 2.45) is 0 Å². The van der Waals surface area contributed by atoms with Gasteiger partial charge in [-0.25, -0.2) is 0 Å². The molecular weight excluding hydrogens is 232 g/mol. The minimum atomic E-state index is 0.0193. The van der Waals surface area contributed by atoms with Gasteiger partial charge in [0.15, 0.2) is 0 Å². The molecule has 1 aliphatic heterocycles. The number of nitrogens with zero attached hydrogens (tertiary/aromatic N) is 2. The van der Waals surface area contributed by atoms with Crippen LogP contribution in [0.3, 0.4) is 0 Å². The maximum Gasteiger partial charge on any atom is 0.234 e. The average molecular weight is 250 g/mol. The van der Waals surface area contributed by atoms with Crippen LogP contribution in [0.1, 0.15) is 18.5 Å². The Hall–Kier alpha value is -1.53. The Morgan fingerprint density at radius 1 is 1.44 bits per heavy atom. The van der Waals surface area contributed by atoms with Crippen LogP contribution >= 0.6 is 0 Å². The second kappa shape index (κ2) is 7.03. The summed E-state index contributed by atoms with van der Waals surface area (Å²) in [6.07, 6.45) is 3.42. The smallest absolute Gasteiger partial charge is 0.234 e. The molecule has 98 valence electrons. The quantitative estimate of drug-likeness (QED) is 0.761. The lowest BCUT2D eigenvalue weighted by Gasteiger charge is -2.23. The Morgan fingerprint density at radius 3 is 3.00 bits per heavy atom. The number of hydrogen-bond donors (Lipinski definition) is 2. The number of amides is 1. The van der Waals surface area contributed by atoms with Crippen LogP contribution in [0.4, 0.5) is 0 Å². The molecule has 2 rings (SSSR count). The number of rotatable bonds is 5. The molecule has 1 aromatic heterocycles. The fraction of sp³-hybridized carbons (Fsp3) is 0.583. The number of nitrogens with one attached hydrogen (secondary N) is 2. The predicted octanol–water partition coefficient (Wildman–Crippen LogP) is -0.139. The monoisotopic (exact) mass is 250 g/mol. The first-order valence-electron chi connectivity index (χ1n) is 6.19. The van der Waals surface area contributed by atoms with Gasteiger partial charge in [-0.3, -0.25) is 4.79 Å². The van der Waals surface area contributed by atoms with Gasteiger partial charge >= 0.3 is 0 Å². The van der Waals surface area contributed by atoms with Crippen molar-refractivity contribution in [2.75, 3.05) is 19.8 Å². The maximum absolute atomic E-state index is 11.7. The second-order valence-electron chi connectivity index (χ2n) is 4.27. The van der Waals surface area contributed by atoms with Crippen LogP contribution in [0, 0.1) is 0 Å². The molecule has 0 saturated carbocycles. The van der Waals surface area contributed by atoms with E-state index in [2.05, 4.69) is 20.8 Å². The van der Waals surface area contributed by atoms with E-state index in [1.54, 1.807) is 6.20 Å². The highest BCUT2D eigenvalue weighted by atomic mass is 16.5. The molecule has 1 fully saturated rings. The summed E-state index contributed by atoms with van der Waals surface area (Å²) >= 11 is 0. The van der Waals surface area contributed by atoms with E-state index in [4.69, 9.17) is 4.74 Å². The van der Waals surface area contributed by atoms with Crippen molar-refractivity contribution < 1.29 is 9.53 Å². The van der Waals surface area contributed by atoms with Gasteiger partial charge in [0.05, 0.1) is 12.2 Å². The van der Waals surface area contributed by atoms with Gasteiger partial charge in [0.1, 0.15) is 0 Å². The number of aromatic nitrogens is 2. The molecule has 0 aliphatic carbocycles. The first-order valence-corrected chi connectivity index (χ1v) is 6.19. The summed E-state index contributed by atoms with van der Waals surface area (Å²) in [5.74, 6) is 0.0193. The van der Waals surface area contributed by atoms with Gasteiger partial charge < -0.3 is 15.4 Å². The molecule has 0 atom stereocenters. The summed E-state index contributed by atoms with van der Waals surface area (Å²) in [5.41, 5.74) is 0.830. The zero-order chi connectivity index (χ0) is 12.6. The van der Waals surface area contributed by atoms with Gasteiger partial charge in [0.2, 0.25) is 5.91 Å². The molecule has 1 aromatic rings. The van der Waals surface area contributed by atoms with Crippen LogP contribution in [-0.4, -0.2) is 41.9 Å². The van der Waals surface area contributed by atoms with Gasteiger partial charge in [-0.05, 0) is 25.0 Å². The third kappa shape index (κ3) is 4.38. The summed E-state index contributed by atoms with van der Waals surface area (Å²) in [6, 6.07) is 3.95. The molecule has 0 aromatic carbocycles. The lowest BCUT2D eigenvalue weighted by Crippen LogP contribution is -2.42. The minimum absolute atomic E-state index is 0.0193. The minimum Gasteiger partial charge on any atom is -0.381 e. The van der Waals surface area contributed by atoms with Crippen molar-refractivity contribution in [2.45, 2.75) is 25.4 Å². The molecule has 1 amide bonds. The van der Waals surface area contributed by atoms with Crippen molar-refractivity contribution in [3.63, 3.8) is 0 Å². The van der Waals surface area contributed by atoms with Crippen LogP contribution in [0.15, 0.2) is 18.3 Å².